The number of carbonyl (C=O) groups excluding carboxylic acids is 2. The minimum atomic E-state index is -0.464. The maximum atomic E-state index is 11.8. The lowest BCUT2D eigenvalue weighted by Crippen LogP contribution is -2.10. The van der Waals surface area contributed by atoms with Crippen LogP contribution in [0.25, 0.3) is 0 Å². The first-order valence-corrected chi connectivity index (χ1v) is 6.28. The van der Waals surface area contributed by atoms with Crippen LogP contribution in [0.3, 0.4) is 0 Å². The molecule has 0 spiro atoms. The van der Waals surface area contributed by atoms with Gasteiger partial charge in [-0.2, -0.15) is 0 Å². The molecular formula is C15H16O4. The molecular weight excluding hydrogens is 244 g/mol. The first-order chi connectivity index (χ1) is 9.20. The molecule has 1 fully saturated rings. The van der Waals surface area contributed by atoms with Crippen LogP contribution in [-0.2, 0) is 9.53 Å². The summed E-state index contributed by atoms with van der Waals surface area (Å²) in [6.45, 7) is 0. The molecule has 1 aromatic carbocycles. The number of benzene rings is 1. The largest absolute Gasteiger partial charge is 0.497 e. The second-order valence-electron chi connectivity index (χ2n) is 4.41. The summed E-state index contributed by atoms with van der Waals surface area (Å²) in [5, 5.41) is 0. The lowest BCUT2D eigenvalue weighted by atomic mass is 9.95. The Bertz CT molecular complexity index is 499. The molecule has 4 heteroatoms. The number of rotatable bonds is 3. The van der Waals surface area contributed by atoms with Crippen molar-refractivity contribution >= 4 is 11.8 Å². The average molecular weight is 260 g/mol. The van der Waals surface area contributed by atoms with Gasteiger partial charge in [-0.05, 0) is 43.5 Å². The zero-order valence-electron chi connectivity index (χ0n) is 10.8. The molecule has 0 aliphatic heterocycles. The van der Waals surface area contributed by atoms with Crippen LogP contribution < -0.4 is 4.74 Å². The Labute approximate surface area is 112 Å². The fraction of sp³-hybridized carbons (Fsp3) is 0.333. The summed E-state index contributed by atoms with van der Waals surface area (Å²) in [5.41, 5.74) is 1.04. The average Bonchev–Trinajstić information content (AvgIpc) is 2.46. The van der Waals surface area contributed by atoms with Gasteiger partial charge in [-0.3, -0.25) is 4.79 Å². The number of hydrogen-bond donors (Lipinski definition) is 0. The van der Waals surface area contributed by atoms with Gasteiger partial charge in [-0.25, -0.2) is 4.79 Å². The molecule has 0 radical (unpaired) electrons. The Kier molecular flexibility index (Phi) is 4.34. The van der Waals surface area contributed by atoms with Gasteiger partial charge in [-0.15, -0.1) is 0 Å². The number of methoxy groups -OCH3 is 1. The lowest BCUT2D eigenvalue weighted by Gasteiger charge is -2.11. The predicted octanol–water partition coefficient (Wildman–Crippen LogP) is 2.88. The molecule has 0 unspecified atom stereocenters. The van der Waals surface area contributed by atoms with Gasteiger partial charge in [0.2, 0.25) is 0 Å². The zero-order chi connectivity index (χ0) is 13.7. The van der Waals surface area contributed by atoms with Crippen molar-refractivity contribution in [1.82, 2.24) is 0 Å². The van der Waals surface area contributed by atoms with Crippen molar-refractivity contribution in [2.45, 2.75) is 25.7 Å². The van der Waals surface area contributed by atoms with Gasteiger partial charge in [0.15, 0.2) is 5.78 Å². The van der Waals surface area contributed by atoms with Crippen LogP contribution in [0.5, 0.6) is 5.75 Å². The Morgan fingerprint density at radius 2 is 1.84 bits per heavy atom. The van der Waals surface area contributed by atoms with E-state index in [2.05, 4.69) is 0 Å². The molecule has 0 atom stereocenters. The highest BCUT2D eigenvalue weighted by Crippen LogP contribution is 2.20. The summed E-state index contributed by atoms with van der Waals surface area (Å²) < 4.78 is 10.1. The molecule has 0 bridgehead atoms. The molecule has 2 rings (SSSR count). The van der Waals surface area contributed by atoms with E-state index in [1.165, 1.54) is 6.26 Å². The molecule has 1 aromatic rings. The van der Waals surface area contributed by atoms with Crippen molar-refractivity contribution in [2.75, 3.05) is 7.11 Å². The van der Waals surface area contributed by atoms with Crippen LogP contribution in [0.4, 0.5) is 0 Å². The summed E-state index contributed by atoms with van der Waals surface area (Å²) in [6, 6.07) is 6.63. The van der Waals surface area contributed by atoms with Crippen LogP contribution in [-0.4, -0.2) is 18.9 Å². The number of ether oxygens (including phenoxy) is 2. The van der Waals surface area contributed by atoms with E-state index in [-0.39, 0.29) is 5.78 Å². The molecule has 0 aromatic heterocycles. The molecule has 0 heterocycles. The Morgan fingerprint density at radius 1 is 1.16 bits per heavy atom. The number of carbonyl (C=O) groups is 2. The second kappa shape index (κ2) is 6.18. The maximum Gasteiger partial charge on any atom is 0.342 e. The number of hydrogen-bond acceptors (Lipinski definition) is 4. The van der Waals surface area contributed by atoms with E-state index in [4.69, 9.17) is 9.47 Å². The topological polar surface area (TPSA) is 52.6 Å². The van der Waals surface area contributed by atoms with Crippen molar-refractivity contribution < 1.29 is 19.1 Å². The SMILES string of the molecule is COc1ccc(C(=O)O/C=C2\CCCCC2=O)cc1. The van der Waals surface area contributed by atoms with E-state index in [0.29, 0.717) is 29.7 Å². The number of allylic oxidation sites excluding steroid dienone is 1. The van der Waals surface area contributed by atoms with Crippen LogP contribution in [0, 0.1) is 0 Å². The summed E-state index contributed by atoms with van der Waals surface area (Å²) in [4.78, 5) is 23.3. The maximum absolute atomic E-state index is 11.8. The van der Waals surface area contributed by atoms with Crippen LogP contribution in [0.1, 0.15) is 36.0 Å². The summed E-state index contributed by atoms with van der Waals surface area (Å²) in [5.74, 6) is 0.291. The molecule has 4 nitrogen and oxygen atoms in total. The third-order valence-electron chi connectivity index (χ3n) is 3.09. The van der Waals surface area contributed by atoms with Gasteiger partial charge in [-0.1, -0.05) is 0 Å². The first-order valence-electron chi connectivity index (χ1n) is 6.28. The van der Waals surface area contributed by atoms with Crippen LogP contribution >= 0.6 is 0 Å². The molecule has 1 aliphatic rings. The smallest absolute Gasteiger partial charge is 0.342 e. The Hall–Kier alpha value is -2.10. The normalized spacial score (nSPS) is 17.3. The fourth-order valence-corrected chi connectivity index (χ4v) is 1.95. The van der Waals surface area contributed by atoms with E-state index in [0.717, 1.165) is 12.8 Å². The van der Waals surface area contributed by atoms with Crippen LogP contribution in [0.2, 0.25) is 0 Å². The lowest BCUT2D eigenvalue weighted by molar-refractivity contribution is -0.116. The van der Waals surface area contributed by atoms with E-state index >= 15 is 0 Å². The Balaban J connectivity index is 2.00. The van der Waals surface area contributed by atoms with Crippen molar-refractivity contribution in [3.63, 3.8) is 0 Å². The molecule has 100 valence electrons. The van der Waals surface area contributed by atoms with E-state index < -0.39 is 5.97 Å². The third-order valence-corrected chi connectivity index (χ3v) is 3.09. The van der Waals surface area contributed by atoms with E-state index in [1.807, 2.05) is 0 Å². The van der Waals surface area contributed by atoms with Gasteiger partial charge in [0.1, 0.15) is 12.0 Å². The van der Waals surface area contributed by atoms with Gasteiger partial charge in [0.25, 0.3) is 0 Å². The zero-order valence-corrected chi connectivity index (χ0v) is 10.8. The highest BCUT2D eigenvalue weighted by Gasteiger charge is 2.16. The monoisotopic (exact) mass is 260 g/mol. The van der Waals surface area contributed by atoms with Crippen molar-refractivity contribution in [3.8, 4) is 5.75 Å². The van der Waals surface area contributed by atoms with E-state index in [1.54, 1.807) is 31.4 Å². The first kappa shape index (κ1) is 13.3. The van der Waals surface area contributed by atoms with Gasteiger partial charge >= 0.3 is 5.97 Å². The molecule has 0 amide bonds. The minimum Gasteiger partial charge on any atom is -0.497 e. The predicted molar refractivity (Wildman–Crippen MR) is 70.0 cm³/mol. The number of Topliss-reactive ketones (excluding diaryl/α,β-unsaturated/α-hetero) is 1. The van der Waals surface area contributed by atoms with Crippen molar-refractivity contribution in [2.24, 2.45) is 0 Å². The molecule has 1 aliphatic carbocycles. The number of esters is 1. The quantitative estimate of drug-likeness (QED) is 0.476. The second-order valence-corrected chi connectivity index (χ2v) is 4.41. The van der Waals surface area contributed by atoms with Crippen LogP contribution in [0.15, 0.2) is 36.1 Å². The van der Waals surface area contributed by atoms with Gasteiger partial charge in [0, 0.05) is 12.0 Å². The molecule has 19 heavy (non-hydrogen) atoms. The Morgan fingerprint density at radius 3 is 2.47 bits per heavy atom. The van der Waals surface area contributed by atoms with E-state index in [9.17, 15) is 9.59 Å². The standard InChI is InChI=1S/C15H16O4/c1-18-13-8-6-11(7-9-13)15(17)19-10-12-4-2-3-5-14(12)16/h6-10H,2-5H2,1H3/b12-10+. The highest BCUT2D eigenvalue weighted by molar-refractivity contribution is 5.96. The number of ketones is 1. The minimum absolute atomic E-state index is 0.0776. The summed E-state index contributed by atoms with van der Waals surface area (Å²) >= 11 is 0. The fourth-order valence-electron chi connectivity index (χ4n) is 1.95. The molecule has 0 N–H and O–H groups in total. The van der Waals surface area contributed by atoms with Crippen molar-refractivity contribution in [3.05, 3.63) is 41.7 Å². The highest BCUT2D eigenvalue weighted by atomic mass is 16.5. The van der Waals surface area contributed by atoms with Gasteiger partial charge < -0.3 is 9.47 Å². The van der Waals surface area contributed by atoms with Gasteiger partial charge in [0.05, 0.1) is 12.7 Å². The van der Waals surface area contributed by atoms with Crippen molar-refractivity contribution in [1.29, 1.82) is 0 Å². The molecule has 1 saturated carbocycles. The molecule has 0 saturated heterocycles. The summed E-state index contributed by atoms with van der Waals surface area (Å²) in [7, 11) is 1.56. The third kappa shape index (κ3) is 3.44. The summed E-state index contributed by atoms with van der Waals surface area (Å²) in [6.07, 6.45) is 4.43.